The third-order valence-corrected chi connectivity index (χ3v) is 4.29. The first kappa shape index (κ1) is 17.4. The number of hydrogen-bond donors (Lipinski definition) is 1. The molecule has 4 heteroatoms. The second-order valence-electron chi connectivity index (χ2n) is 6.00. The lowest BCUT2D eigenvalue weighted by atomic mass is 9.97. The number of ether oxygens (including phenoxy) is 2. The largest absolute Gasteiger partial charge is 0.493 e. The zero-order valence-corrected chi connectivity index (χ0v) is 14.1. The monoisotopic (exact) mass is 317 g/mol. The quantitative estimate of drug-likeness (QED) is 0.837. The summed E-state index contributed by atoms with van der Waals surface area (Å²) in [7, 11) is 3.21. The summed E-state index contributed by atoms with van der Waals surface area (Å²) in [5, 5.41) is 3.13. The molecule has 4 nitrogen and oxygen atoms in total. The molecule has 1 aromatic carbocycles. The van der Waals surface area contributed by atoms with Crippen molar-refractivity contribution in [3.63, 3.8) is 0 Å². The van der Waals surface area contributed by atoms with E-state index >= 15 is 0 Å². The van der Waals surface area contributed by atoms with Crippen LogP contribution in [0.3, 0.4) is 0 Å². The van der Waals surface area contributed by atoms with Crippen molar-refractivity contribution in [2.24, 2.45) is 0 Å². The normalized spacial score (nSPS) is 16.6. The van der Waals surface area contributed by atoms with Crippen molar-refractivity contribution >= 4 is 12.0 Å². The molecule has 0 radical (unpaired) electrons. The summed E-state index contributed by atoms with van der Waals surface area (Å²) in [6.45, 7) is 0. The number of methoxy groups -OCH3 is 2. The van der Waals surface area contributed by atoms with E-state index in [4.69, 9.17) is 9.47 Å². The summed E-state index contributed by atoms with van der Waals surface area (Å²) in [6, 6.07) is 5.92. The summed E-state index contributed by atoms with van der Waals surface area (Å²) in [4.78, 5) is 12.1. The Balaban J connectivity index is 1.92. The van der Waals surface area contributed by atoms with Crippen molar-refractivity contribution in [3.8, 4) is 11.5 Å². The Morgan fingerprint density at radius 2 is 1.70 bits per heavy atom. The van der Waals surface area contributed by atoms with E-state index in [-0.39, 0.29) is 5.91 Å². The molecule has 1 amide bonds. The lowest BCUT2D eigenvalue weighted by molar-refractivity contribution is -0.117. The van der Waals surface area contributed by atoms with Gasteiger partial charge in [0.2, 0.25) is 5.91 Å². The molecule has 0 unspecified atom stereocenters. The number of carbonyl (C=O) groups is 1. The maximum atomic E-state index is 12.1. The van der Waals surface area contributed by atoms with E-state index in [1.807, 2.05) is 18.2 Å². The summed E-state index contributed by atoms with van der Waals surface area (Å²) in [5.41, 5.74) is 0.912. The van der Waals surface area contributed by atoms with Crippen molar-refractivity contribution < 1.29 is 14.3 Å². The molecule has 0 aliphatic heterocycles. The van der Waals surface area contributed by atoms with Crippen LogP contribution in [0.15, 0.2) is 24.3 Å². The minimum atomic E-state index is -0.0228. The van der Waals surface area contributed by atoms with Crippen LogP contribution in [0.1, 0.15) is 50.5 Å². The molecule has 0 atom stereocenters. The maximum Gasteiger partial charge on any atom is 0.244 e. The average molecular weight is 317 g/mol. The van der Waals surface area contributed by atoms with Crippen molar-refractivity contribution in [2.75, 3.05) is 14.2 Å². The van der Waals surface area contributed by atoms with Crippen LogP contribution in [0, 0.1) is 0 Å². The van der Waals surface area contributed by atoms with E-state index in [1.54, 1.807) is 26.4 Å². The second-order valence-corrected chi connectivity index (χ2v) is 6.00. The van der Waals surface area contributed by atoms with Gasteiger partial charge in [-0.15, -0.1) is 0 Å². The Morgan fingerprint density at radius 1 is 1.04 bits per heavy atom. The van der Waals surface area contributed by atoms with Gasteiger partial charge >= 0.3 is 0 Å². The summed E-state index contributed by atoms with van der Waals surface area (Å²) in [6.07, 6.45) is 11.9. The van der Waals surface area contributed by atoms with Gasteiger partial charge in [-0.25, -0.2) is 0 Å². The third-order valence-electron chi connectivity index (χ3n) is 4.29. The molecule has 0 spiro atoms. The average Bonchev–Trinajstić information content (AvgIpc) is 2.55. The maximum absolute atomic E-state index is 12.1. The van der Waals surface area contributed by atoms with Gasteiger partial charge in [-0.05, 0) is 36.6 Å². The SMILES string of the molecule is COc1ccc(/C=C/C(=O)NC2CCCCCCC2)cc1OC. The van der Waals surface area contributed by atoms with Gasteiger partial charge in [0.25, 0.3) is 0 Å². The predicted molar refractivity (Wildman–Crippen MR) is 92.8 cm³/mol. The number of nitrogens with one attached hydrogen (secondary N) is 1. The Kier molecular flexibility index (Phi) is 6.98. The minimum Gasteiger partial charge on any atom is -0.493 e. The molecule has 2 rings (SSSR count). The molecule has 1 aromatic rings. The van der Waals surface area contributed by atoms with Crippen LogP contribution in [0.5, 0.6) is 11.5 Å². The van der Waals surface area contributed by atoms with Crippen molar-refractivity contribution in [2.45, 2.75) is 51.0 Å². The molecule has 23 heavy (non-hydrogen) atoms. The number of rotatable bonds is 5. The van der Waals surface area contributed by atoms with Gasteiger partial charge in [-0.2, -0.15) is 0 Å². The molecule has 0 heterocycles. The Morgan fingerprint density at radius 3 is 2.35 bits per heavy atom. The Hall–Kier alpha value is -1.97. The first-order valence-electron chi connectivity index (χ1n) is 8.43. The van der Waals surface area contributed by atoms with Crippen molar-refractivity contribution in [1.82, 2.24) is 5.32 Å². The molecular formula is C19H27NO3. The van der Waals surface area contributed by atoms with Gasteiger partial charge in [0, 0.05) is 12.1 Å². The van der Waals surface area contributed by atoms with Crippen LogP contribution in [0.4, 0.5) is 0 Å². The van der Waals surface area contributed by atoms with Crippen LogP contribution >= 0.6 is 0 Å². The fourth-order valence-corrected chi connectivity index (χ4v) is 2.98. The fraction of sp³-hybridized carbons (Fsp3) is 0.526. The molecule has 1 aliphatic carbocycles. The topological polar surface area (TPSA) is 47.6 Å². The third kappa shape index (κ3) is 5.62. The number of benzene rings is 1. The number of carbonyl (C=O) groups excluding carboxylic acids is 1. The molecule has 1 saturated carbocycles. The molecule has 126 valence electrons. The standard InChI is InChI=1S/C19H27NO3/c1-22-17-12-10-15(14-18(17)23-2)11-13-19(21)20-16-8-6-4-3-5-7-9-16/h10-14,16H,3-9H2,1-2H3,(H,20,21)/b13-11+. The van der Waals surface area contributed by atoms with Crippen LogP contribution in [0.2, 0.25) is 0 Å². The molecule has 0 aromatic heterocycles. The van der Waals surface area contributed by atoms with Crippen LogP contribution in [-0.2, 0) is 4.79 Å². The smallest absolute Gasteiger partial charge is 0.244 e. The van der Waals surface area contributed by atoms with Crippen LogP contribution in [-0.4, -0.2) is 26.2 Å². The van der Waals surface area contributed by atoms with E-state index in [9.17, 15) is 4.79 Å². The highest BCUT2D eigenvalue weighted by Crippen LogP contribution is 2.27. The van der Waals surface area contributed by atoms with E-state index in [2.05, 4.69) is 5.32 Å². The molecule has 1 fully saturated rings. The Bertz CT molecular complexity index is 531. The van der Waals surface area contributed by atoms with E-state index in [1.165, 1.54) is 32.1 Å². The minimum absolute atomic E-state index is 0.0228. The lowest BCUT2D eigenvalue weighted by Crippen LogP contribution is -2.34. The van der Waals surface area contributed by atoms with E-state index < -0.39 is 0 Å². The van der Waals surface area contributed by atoms with Crippen LogP contribution < -0.4 is 14.8 Å². The first-order valence-corrected chi connectivity index (χ1v) is 8.43. The van der Waals surface area contributed by atoms with E-state index in [0.717, 1.165) is 18.4 Å². The zero-order chi connectivity index (χ0) is 16.5. The number of amides is 1. The molecule has 0 bridgehead atoms. The molecule has 0 saturated heterocycles. The van der Waals surface area contributed by atoms with Crippen LogP contribution in [0.25, 0.3) is 6.08 Å². The van der Waals surface area contributed by atoms with Crippen molar-refractivity contribution in [3.05, 3.63) is 29.8 Å². The lowest BCUT2D eigenvalue weighted by Gasteiger charge is -2.20. The summed E-state index contributed by atoms with van der Waals surface area (Å²) < 4.78 is 10.5. The van der Waals surface area contributed by atoms with Crippen molar-refractivity contribution in [1.29, 1.82) is 0 Å². The summed E-state index contributed by atoms with van der Waals surface area (Å²) >= 11 is 0. The molecule has 1 N–H and O–H groups in total. The highest BCUT2D eigenvalue weighted by atomic mass is 16.5. The predicted octanol–water partition coefficient (Wildman–Crippen LogP) is 3.95. The van der Waals surface area contributed by atoms with Gasteiger partial charge in [0.15, 0.2) is 11.5 Å². The van der Waals surface area contributed by atoms with Gasteiger partial charge in [0.05, 0.1) is 14.2 Å². The van der Waals surface area contributed by atoms with Gasteiger partial charge in [-0.3, -0.25) is 4.79 Å². The molecular weight excluding hydrogens is 290 g/mol. The van der Waals surface area contributed by atoms with Gasteiger partial charge < -0.3 is 14.8 Å². The second kappa shape index (κ2) is 9.23. The number of hydrogen-bond acceptors (Lipinski definition) is 3. The van der Waals surface area contributed by atoms with E-state index in [0.29, 0.717) is 17.5 Å². The zero-order valence-electron chi connectivity index (χ0n) is 14.1. The molecule has 1 aliphatic rings. The summed E-state index contributed by atoms with van der Waals surface area (Å²) in [5.74, 6) is 1.32. The Labute approximate surface area is 138 Å². The van der Waals surface area contributed by atoms with Gasteiger partial charge in [-0.1, -0.05) is 38.2 Å². The highest BCUT2D eigenvalue weighted by molar-refractivity contribution is 5.92. The fourth-order valence-electron chi connectivity index (χ4n) is 2.98. The van der Waals surface area contributed by atoms with Gasteiger partial charge in [0.1, 0.15) is 0 Å². The highest BCUT2D eigenvalue weighted by Gasteiger charge is 2.12. The first-order chi connectivity index (χ1) is 11.2.